The topological polar surface area (TPSA) is 113 Å². The van der Waals surface area contributed by atoms with Crippen LogP contribution < -0.4 is 11.1 Å². The van der Waals surface area contributed by atoms with Crippen LogP contribution in [0.5, 0.6) is 0 Å². The van der Waals surface area contributed by atoms with Crippen LogP contribution in [0.4, 0.5) is 0 Å². The molecule has 1 aliphatic rings. The van der Waals surface area contributed by atoms with Crippen LogP contribution in [0.2, 0.25) is 0 Å². The van der Waals surface area contributed by atoms with Crippen molar-refractivity contribution in [2.24, 2.45) is 5.73 Å². The number of hydrogen-bond acceptors (Lipinski definition) is 5. The van der Waals surface area contributed by atoms with Gasteiger partial charge in [0.1, 0.15) is 12.1 Å². The lowest BCUT2D eigenvalue weighted by Crippen LogP contribution is -2.30. The van der Waals surface area contributed by atoms with Crippen molar-refractivity contribution in [3.8, 4) is 0 Å². The highest BCUT2D eigenvalue weighted by Crippen LogP contribution is 2.03. The van der Waals surface area contributed by atoms with Crippen molar-refractivity contribution in [1.29, 1.82) is 0 Å². The van der Waals surface area contributed by atoms with E-state index in [9.17, 15) is 9.59 Å². The highest BCUT2D eigenvalue weighted by molar-refractivity contribution is 7.98. The molecule has 100 valence electrons. The maximum Gasteiger partial charge on any atom is 0.320 e. The van der Waals surface area contributed by atoms with Gasteiger partial charge in [0, 0.05) is 0 Å². The van der Waals surface area contributed by atoms with E-state index in [0.717, 1.165) is 25.1 Å². The van der Waals surface area contributed by atoms with Gasteiger partial charge in [-0.25, -0.2) is 0 Å². The fourth-order valence-corrected chi connectivity index (χ4v) is 1.75. The Balaban J connectivity index is 0.000000302. The minimum atomic E-state index is -0.913. The number of nitrogens with two attached hydrogens (primary N) is 1. The first-order valence-corrected chi connectivity index (χ1v) is 6.82. The zero-order valence-electron chi connectivity index (χ0n) is 9.89. The van der Waals surface area contributed by atoms with E-state index in [-0.39, 0.29) is 6.04 Å². The molecular weight excluding hydrogens is 244 g/mol. The van der Waals surface area contributed by atoms with E-state index in [1.165, 1.54) is 0 Å². The molecule has 0 saturated carbocycles. The van der Waals surface area contributed by atoms with Gasteiger partial charge in [0.25, 0.3) is 0 Å². The molecule has 1 rings (SSSR count). The van der Waals surface area contributed by atoms with E-state index < -0.39 is 18.0 Å². The lowest BCUT2D eigenvalue weighted by atomic mass is 10.2. The minimum absolute atomic E-state index is 0.269. The molecule has 1 aliphatic heterocycles. The number of aliphatic carboxylic acids is 2. The average molecular weight is 264 g/mol. The first-order valence-electron chi connectivity index (χ1n) is 5.42. The Morgan fingerprint density at radius 1 is 1.53 bits per heavy atom. The van der Waals surface area contributed by atoms with Crippen molar-refractivity contribution in [2.45, 2.75) is 31.3 Å². The summed E-state index contributed by atoms with van der Waals surface area (Å²) in [7, 11) is 0. The van der Waals surface area contributed by atoms with Crippen LogP contribution in [0.15, 0.2) is 0 Å². The van der Waals surface area contributed by atoms with Crippen molar-refractivity contribution in [3.63, 3.8) is 0 Å². The quantitative estimate of drug-likeness (QED) is 0.551. The van der Waals surface area contributed by atoms with Crippen LogP contribution in [-0.4, -0.2) is 52.8 Å². The largest absolute Gasteiger partial charge is 0.480 e. The van der Waals surface area contributed by atoms with Gasteiger partial charge in [0.15, 0.2) is 0 Å². The summed E-state index contributed by atoms with van der Waals surface area (Å²) in [5.41, 5.74) is 5.19. The van der Waals surface area contributed by atoms with Gasteiger partial charge in [-0.15, -0.1) is 0 Å². The molecule has 0 spiro atoms. The summed E-state index contributed by atoms with van der Waals surface area (Å²) < 4.78 is 0. The second-order valence-corrected chi connectivity index (χ2v) is 4.70. The molecule has 5 N–H and O–H groups in total. The number of rotatable bonds is 5. The van der Waals surface area contributed by atoms with Crippen molar-refractivity contribution < 1.29 is 19.8 Å². The van der Waals surface area contributed by atoms with Crippen LogP contribution in [0, 0.1) is 0 Å². The SMILES string of the molecule is CSCC[C@H](N)C(=O)O.O=C(O)[C@@H]1CCCN1. The van der Waals surface area contributed by atoms with E-state index in [1.807, 2.05) is 6.26 Å². The zero-order chi connectivity index (χ0) is 13.3. The molecular formula is C10H20N2O4S. The van der Waals surface area contributed by atoms with Crippen LogP contribution in [0.3, 0.4) is 0 Å². The summed E-state index contributed by atoms with van der Waals surface area (Å²) in [6, 6.07) is -0.951. The van der Waals surface area contributed by atoms with E-state index in [0.29, 0.717) is 6.42 Å². The highest BCUT2D eigenvalue weighted by atomic mass is 32.2. The predicted octanol–water partition coefficient (Wildman–Crippen LogP) is -0.0256. The fraction of sp³-hybridized carbons (Fsp3) is 0.800. The van der Waals surface area contributed by atoms with Crippen molar-refractivity contribution in [1.82, 2.24) is 5.32 Å². The summed E-state index contributed by atoms with van der Waals surface area (Å²) in [6.07, 6.45) is 4.26. The molecule has 0 unspecified atom stereocenters. The molecule has 1 fully saturated rings. The Labute approximate surface area is 105 Å². The molecule has 0 bridgehead atoms. The first kappa shape index (κ1) is 16.2. The Morgan fingerprint density at radius 2 is 2.18 bits per heavy atom. The summed E-state index contributed by atoms with van der Waals surface area (Å²) in [6.45, 7) is 0.858. The third-order valence-corrected chi connectivity index (χ3v) is 2.95. The van der Waals surface area contributed by atoms with E-state index in [1.54, 1.807) is 11.8 Å². The summed E-state index contributed by atoms with van der Waals surface area (Å²) in [5, 5.41) is 19.5. The summed E-state index contributed by atoms with van der Waals surface area (Å²) in [5.74, 6) is -0.820. The van der Waals surface area contributed by atoms with Crippen molar-refractivity contribution in [2.75, 3.05) is 18.6 Å². The monoisotopic (exact) mass is 264 g/mol. The summed E-state index contributed by atoms with van der Waals surface area (Å²) in [4.78, 5) is 20.2. The molecule has 0 radical (unpaired) electrons. The molecule has 1 saturated heterocycles. The number of nitrogens with one attached hydrogen (secondary N) is 1. The Kier molecular flexibility index (Phi) is 8.83. The third kappa shape index (κ3) is 8.00. The van der Waals surface area contributed by atoms with Gasteiger partial charge in [0.05, 0.1) is 0 Å². The first-order chi connectivity index (χ1) is 7.99. The second kappa shape index (κ2) is 9.26. The van der Waals surface area contributed by atoms with Gasteiger partial charge in [0.2, 0.25) is 0 Å². The Morgan fingerprint density at radius 3 is 2.47 bits per heavy atom. The van der Waals surface area contributed by atoms with Gasteiger partial charge in [-0.3, -0.25) is 9.59 Å². The number of carboxylic acid groups (broad SMARTS) is 2. The van der Waals surface area contributed by atoms with Gasteiger partial charge in [-0.05, 0) is 37.8 Å². The molecule has 0 aromatic rings. The minimum Gasteiger partial charge on any atom is -0.480 e. The van der Waals surface area contributed by atoms with Gasteiger partial charge in [-0.2, -0.15) is 11.8 Å². The van der Waals surface area contributed by atoms with E-state index in [4.69, 9.17) is 15.9 Å². The zero-order valence-corrected chi connectivity index (χ0v) is 10.7. The van der Waals surface area contributed by atoms with Gasteiger partial charge in [-0.1, -0.05) is 0 Å². The van der Waals surface area contributed by atoms with E-state index in [2.05, 4.69) is 5.32 Å². The molecule has 0 aromatic heterocycles. The second-order valence-electron chi connectivity index (χ2n) is 3.71. The predicted molar refractivity (Wildman–Crippen MR) is 67.3 cm³/mol. The molecule has 0 aromatic carbocycles. The molecule has 0 amide bonds. The van der Waals surface area contributed by atoms with Crippen molar-refractivity contribution >= 4 is 23.7 Å². The number of carboxylic acids is 2. The maximum absolute atomic E-state index is 10.1. The Bertz CT molecular complexity index is 244. The normalized spacial score (nSPS) is 20.2. The standard InChI is InChI=1S/C5H11NO2S.C5H9NO2/c1-9-3-2-4(6)5(7)8;7-5(8)4-2-1-3-6-4/h4H,2-3,6H2,1H3,(H,7,8);4,6H,1-3H2,(H,7,8)/t2*4-/m00/s1. The smallest absolute Gasteiger partial charge is 0.320 e. The molecule has 1 heterocycles. The molecule has 7 heteroatoms. The highest BCUT2D eigenvalue weighted by Gasteiger charge is 2.20. The van der Waals surface area contributed by atoms with Gasteiger partial charge < -0.3 is 21.3 Å². The fourth-order valence-electron chi connectivity index (χ4n) is 1.26. The maximum atomic E-state index is 10.1. The molecule has 0 aliphatic carbocycles. The Hall–Kier alpha value is -0.790. The molecule has 6 nitrogen and oxygen atoms in total. The molecule has 17 heavy (non-hydrogen) atoms. The lowest BCUT2D eigenvalue weighted by Gasteiger charge is -2.02. The number of thioether (sulfide) groups is 1. The summed E-state index contributed by atoms with van der Waals surface area (Å²) >= 11 is 1.60. The van der Waals surface area contributed by atoms with Gasteiger partial charge >= 0.3 is 11.9 Å². The lowest BCUT2D eigenvalue weighted by molar-refractivity contribution is -0.139. The average Bonchev–Trinajstić information content (AvgIpc) is 2.80. The number of hydrogen-bond donors (Lipinski definition) is 4. The van der Waals surface area contributed by atoms with Crippen LogP contribution in [0.25, 0.3) is 0 Å². The van der Waals surface area contributed by atoms with Crippen LogP contribution in [-0.2, 0) is 9.59 Å². The third-order valence-electron chi connectivity index (χ3n) is 2.31. The van der Waals surface area contributed by atoms with Crippen LogP contribution >= 0.6 is 11.8 Å². The number of carbonyl (C=O) groups is 2. The van der Waals surface area contributed by atoms with Crippen molar-refractivity contribution in [3.05, 3.63) is 0 Å². The van der Waals surface area contributed by atoms with E-state index >= 15 is 0 Å². The van der Waals surface area contributed by atoms with Crippen LogP contribution in [0.1, 0.15) is 19.3 Å². The molecule has 2 atom stereocenters.